The van der Waals surface area contributed by atoms with Gasteiger partial charge in [0.05, 0.1) is 25.5 Å². The van der Waals surface area contributed by atoms with Gasteiger partial charge >= 0.3 is 0 Å². The molecule has 1 unspecified atom stereocenters. The highest BCUT2D eigenvalue weighted by Gasteiger charge is 2.10. The highest BCUT2D eigenvalue weighted by molar-refractivity contribution is 6.07. The zero-order chi connectivity index (χ0) is 12.0. The summed E-state index contributed by atoms with van der Waals surface area (Å²) in [4.78, 5) is 4.56. The van der Waals surface area contributed by atoms with E-state index in [1.807, 2.05) is 25.2 Å². The van der Waals surface area contributed by atoms with Gasteiger partial charge in [-0.25, -0.2) is 0 Å². The largest absolute Gasteiger partial charge is 0.497 e. The van der Waals surface area contributed by atoms with Crippen LogP contribution in [0.2, 0.25) is 0 Å². The topological polar surface area (TPSA) is 30.8 Å². The van der Waals surface area contributed by atoms with Gasteiger partial charge in [0.15, 0.2) is 0 Å². The predicted molar refractivity (Wildman–Crippen MR) is 66.5 cm³/mol. The van der Waals surface area contributed by atoms with Gasteiger partial charge in [0.25, 0.3) is 0 Å². The Morgan fingerprint density at radius 1 is 1.44 bits per heavy atom. The number of ether oxygens (including phenoxy) is 2. The van der Waals surface area contributed by atoms with Crippen LogP contribution in [0.4, 0.5) is 0 Å². The zero-order valence-corrected chi connectivity index (χ0v) is 10.2. The SMILES string of the molecule is C=C(OCC)C1=NC(CC)C=C(OC)C=C1. The molecule has 1 heterocycles. The normalized spacial score (nSPS) is 19.6. The van der Waals surface area contributed by atoms with Crippen LogP contribution in [-0.4, -0.2) is 25.5 Å². The minimum Gasteiger partial charge on any atom is -0.497 e. The average Bonchev–Trinajstić information content (AvgIpc) is 2.51. The van der Waals surface area contributed by atoms with E-state index < -0.39 is 0 Å². The molecule has 16 heavy (non-hydrogen) atoms. The first kappa shape index (κ1) is 12.6. The molecule has 0 aromatic heterocycles. The van der Waals surface area contributed by atoms with Crippen molar-refractivity contribution in [3.8, 4) is 0 Å². The van der Waals surface area contributed by atoms with E-state index in [0.29, 0.717) is 12.4 Å². The van der Waals surface area contributed by atoms with Crippen molar-refractivity contribution in [2.24, 2.45) is 4.99 Å². The lowest BCUT2D eigenvalue weighted by atomic mass is 10.2. The van der Waals surface area contributed by atoms with Crippen LogP contribution in [0.15, 0.2) is 41.3 Å². The summed E-state index contributed by atoms with van der Waals surface area (Å²) in [5.41, 5.74) is 0.789. The number of methoxy groups -OCH3 is 1. The standard InChI is InChI=1S/C13H19NO2/c1-5-11-9-12(15-4)7-8-13(14-11)10(3)16-6-2/h7-9,11H,3,5-6H2,1-2,4H3. The Morgan fingerprint density at radius 2 is 2.19 bits per heavy atom. The molecule has 0 radical (unpaired) electrons. The second-order valence-corrected chi connectivity index (χ2v) is 3.45. The third kappa shape index (κ3) is 3.26. The van der Waals surface area contributed by atoms with Crippen molar-refractivity contribution in [3.05, 3.63) is 36.3 Å². The second-order valence-electron chi connectivity index (χ2n) is 3.45. The second kappa shape index (κ2) is 6.16. The van der Waals surface area contributed by atoms with Crippen LogP contribution in [-0.2, 0) is 9.47 Å². The molecule has 1 aliphatic rings. The van der Waals surface area contributed by atoms with Gasteiger partial charge < -0.3 is 9.47 Å². The van der Waals surface area contributed by atoms with Crippen molar-refractivity contribution in [2.45, 2.75) is 26.3 Å². The van der Waals surface area contributed by atoms with Crippen LogP contribution < -0.4 is 0 Å². The molecule has 0 aromatic carbocycles. The van der Waals surface area contributed by atoms with E-state index in [-0.39, 0.29) is 6.04 Å². The smallest absolute Gasteiger partial charge is 0.137 e. The predicted octanol–water partition coefficient (Wildman–Crippen LogP) is 2.86. The first-order valence-electron chi connectivity index (χ1n) is 5.55. The maximum absolute atomic E-state index is 5.36. The minimum atomic E-state index is 0.122. The van der Waals surface area contributed by atoms with Crippen LogP contribution in [0.1, 0.15) is 20.3 Å². The van der Waals surface area contributed by atoms with Gasteiger partial charge in [-0.1, -0.05) is 13.5 Å². The molecule has 0 amide bonds. The zero-order valence-electron chi connectivity index (χ0n) is 10.2. The summed E-state index contributed by atoms with van der Waals surface area (Å²) in [6.45, 7) is 8.49. The van der Waals surface area contributed by atoms with Gasteiger partial charge in [-0.3, -0.25) is 4.99 Å². The number of hydrogen-bond acceptors (Lipinski definition) is 3. The molecule has 1 aliphatic heterocycles. The molecule has 0 fully saturated rings. The van der Waals surface area contributed by atoms with E-state index in [9.17, 15) is 0 Å². The maximum atomic E-state index is 5.36. The van der Waals surface area contributed by atoms with E-state index >= 15 is 0 Å². The van der Waals surface area contributed by atoms with E-state index in [1.54, 1.807) is 7.11 Å². The van der Waals surface area contributed by atoms with Crippen molar-refractivity contribution in [1.29, 1.82) is 0 Å². The molecule has 3 heteroatoms. The van der Waals surface area contributed by atoms with Crippen molar-refractivity contribution >= 4 is 5.71 Å². The monoisotopic (exact) mass is 221 g/mol. The van der Waals surface area contributed by atoms with E-state index in [1.165, 1.54) is 0 Å². The van der Waals surface area contributed by atoms with Crippen LogP contribution >= 0.6 is 0 Å². The van der Waals surface area contributed by atoms with Gasteiger partial charge in [0.2, 0.25) is 0 Å². The van der Waals surface area contributed by atoms with E-state index in [0.717, 1.165) is 17.9 Å². The Hall–Kier alpha value is -1.51. The molecule has 1 rings (SSSR count). The van der Waals surface area contributed by atoms with Crippen molar-refractivity contribution in [2.75, 3.05) is 13.7 Å². The van der Waals surface area contributed by atoms with Gasteiger partial charge in [0.1, 0.15) is 11.5 Å². The third-order valence-electron chi connectivity index (χ3n) is 2.33. The molecule has 3 nitrogen and oxygen atoms in total. The Bertz CT molecular complexity index is 340. The summed E-state index contributed by atoms with van der Waals surface area (Å²) in [5.74, 6) is 1.44. The molecule has 88 valence electrons. The number of rotatable bonds is 5. The van der Waals surface area contributed by atoms with Crippen LogP contribution in [0.5, 0.6) is 0 Å². The lowest BCUT2D eigenvalue weighted by Gasteiger charge is -2.09. The number of nitrogens with zero attached hydrogens (tertiary/aromatic N) is 1. The quantitative estimate of drug-likeness (QED) is 0.668. The molecule has 0 saturated heterocycles. The first-order valence-corrected chi connectivity index (χ1v) is 5.55. The number of aliphatic imine (C=N–C) groups is 1. The molecule has 0 saturated carbocycles. The summed E-state index contributed by atoms with van der Waals surface area (Å²) in [7, 11) is 1.66. The average molecular weight is 221 g/mol. The molecular weight excluding hydrogens is 202 g/mol. The summed E-state index contributed by atoms with van der Waals surface area (Å²) in [5, 5.41) is 0. The Balaban J connectivity index is 2.88. The molecule has 0 N–H and O–H groups in total. The van der Waals surface area contributed by atoms with Crippen LogP contribution in [0, 0.1) is 0 Å². The van der Waals surface area contributed by atoms with Crippen LogP contribution in [0.25, 0.3) is 0 Å². The van der Waals surface area contributed by atoms with Gasteiger partial charge in [-0.05, 0) is 31.6 Å². The molecule has 0 bridgehead atoms. The highest BCUT2D eigenvalue weighted by Crippen LogP contribution is 2.14. The first-order chi connectivity index (χ1) is 7.71. The third-order valence-corrected chi connectivity index (χ3v) is 2.33. The number of allylic oxidation sites excluding steroid dienone is 2. The molecule has 0 spiro atoms. The lowest BCUT2D eigenvalue weighted by Crippen LogP contribution is -2.07. The van der Waals surface area contributed by atoms with Gasteiger partial charge in [-0.15, -0.1) is 0 Å². The summed E-state index contributed by atoms with van der Waals surface area (Å²) < 4.78 is 10.6. The summed E-state index contributed by atoms with van der Waals surface area (Å²) in [6.07, 6.45) is 6.70. The fourth-order valence-corrected chi connectivity index (χ4v) is 1.42. The molecular formula is C13H19NO2. The van der Waals surface area contributed by atoms with Gasteiger partial charge in [0, 0.05) is 0 Å². The summed E-state index contributed by atoms with van der Waals surface area (Å²) >= 11 is 0. The molecule has 1 atom stereocenters. The molecule has 0 aliphatic carbocycles. The molecule has 0 aromatic rings. The highest BCUT2D eigenvalue weighted by atomic mass is 16.5. The maximum Gasteiger partial charge on any atom is 0.137 e. The summed E-state index contributed by atoms with van der Waals surface area (Å²) in [6, 6.07) is 0.122. The van der Waals surface area contributed by atoms with Crippen molar-refractivity contribution in [1.82, 2.24) is 0 Å². The minimum absolute atomic E-state index is 0.122. The van der Waals surface area contributed by atoms with Crippen LogP contribution in [0.3, 0.4) is 0 Å². The Morgan fingerprint density at radius 3 is 2.75 bits per heavy atom. The lowest BCUT2D eigenvalue weighted by molar-refractivity contribution is 0.251. The van der Waals surface area contributed by atoms with E-state index in [4.69, 9.17) is 9.47 Å². The Kier molecular flexibility index (Phi) is 4.83. The Labute approximate surface area is 97.2 Å². The fourth-order valence-electron chi connectivity index (χ4n) is 1.42. The fraction of sp³-hybridized carbons (Fsp3) is 0.462. The van der Waals surface area contributed by atoms with Crippen molar-refractivity contribution < 1.29 is 9.47 Å². The van der Waals surface area contributed by atoms with Gasteiger partial charge in [-0.2, -0.15) is 0 Å². The number of hydrogen-bond donors (Lipinski definition) is 0. The van der Waals surface area contributed by atoms with Crippen molar-refractivity contribution in [3.63, 3.8) is 0 Å². The van der Waals surface area contributed by atoms with E-state index in [2.05, 4.69) is 18.5 Å².